The molecule has 0 saturated heterocycles. The first-order chi connectivity index (χ1) is 11.5. The van der Waals surface area contributed by atoms with Gasteiger partial charge in [-0.15, -0.1) is 0 Å². The molecule has 0 atom stereocenters. The molecule has 2 nitrogen and oxygen atoms in total. The first-order valence-corrected chi connectivity index (χ1v) is 8.32. The molecule has 0 aliphatic rings. The van der Waals surface area contributed by atoms with Crippen molar-refractivity contribution in [3.8, 4) is 11.3 Å². The number of hydrogen-bond acceptors (Lipinski definition) is 2. The second kappa shape index (κ2) is 6.48. The van der Waals surface area contributed by atoms with Gasteiger partial charge in [-0.05, 0) is 31.4 Å². The van der Waals surface area contributed by atoms with E-state index in [0.29, 0.717) is 28.2 Å². The quantitative estimate of drug-likeness (QED) is 0.599. The topological polar surface area (TPSA) is 30.2 Å². The van der Waals surface area contributed by atoms with Crippen molar-refractivity contribution in [2.24, 2.45) is 0 Å². The number of benzene rings is 2. The van der Waals surface area contributed by atoms with E-state index >= 15 is 0 Å². The van der Waals surface area contributed by atoms with Crippen LogP contribution in [-0.4, -0.2) is 0 Å². The Hall–Kier alpha value is -2.61. The van der Waals surface area contributed by atoms with Gasteiger partial charge < -0.3 is 4.42 Å². The molecule has 2 aromatic carbocycles. The van der Waals surface area contributed by atoms with Crippen LogP contribution in [0.15, 0.2) is 57.8 Å². The van der Waals surface area contributed by atoms with E-state index in [1.165, 1.54) is 5.56 Å². The fraction of sp³-hybridized carbons (Fsp3) is 0.227. The lowest BCUT2D eigenvalue weighted by atomic mass is 9.99. The van der Waals surface area contributed by atoms with Gasteiger partial charge in [0.2, 0.25) is 0 Å². The minimum absolute atomic E-state index is 0.0329. The van der Waals surface area contributed by atoms with Gasteiger partial charge in [-0.3, -0.25) is 4.79 Å². The number of para-hydroxylation sites is 1. The van der Waals surface area contributed by atoms with Gasteiger partial charge in [0.15, 0.2) is 5.43 Å². The molecular weight excluding hydrogens is 296 g/mol. The summed E-state index contributed by atoms with van der Waals surface area (Å²) in [4.78, 5) is 12.8. The molecule has 0 N–H and O–H groups in total. The van der Waals surface area contributed by atoms with Crippen molar-refractivity contribution in [3.05, 3.63) is 75.5 Å². The monoisotopic (exact) mass is 318 g/mol. The molecule has 0 amide bonds. The predicted octanol–water partition coefficient (Wildman–Crippen LogP) is 5.92. The van der Waals surface area contributed by atoms with E-state index in [4.69, 9.17) is 4.42 Å². The molecule has 0 fully saturated rings. The van der Waals surface area contributed by atoms with Crippen molar-refractivity contribution >= 4 is 17.0 Å². The Morgan fingerprint density at radius 1 is 1.04 bits per heavy atom. The Balaban J connectivity index is 2.26. The number of hydrogen-bond donors (Lipinski definition) is 0. The van der Waals surface area contributed by atoms with Gasteiger partial charge >= 0.3 is 0 Å². The molecule has 0 bridgehead atoms. The van der Waals surface area contributed by atoms with Crippen LogP contribution in [0.3, 0.4) is 0 Å². The Morgan fingerprint density at radius 2 is 1.75 bits per heavy atom. The molecule has 1 heterocycles. The Morgan fingerprint density at radius 3 is 2.38 bits per heavy atom. The van der Waals surface area contributed by atoms with Crippen LogP contribution in [0.25, 0.3) is 28.4 Å². The molecule has 1 aromatic heterocycles. The minimum atomic E-state index is 0.0329. The van der Waals surface area contributed by atoms with Crippen molar-refractivity contribution in [3.63, 3.8) is 0 Å². The summed E-state index contributed by atoms with van der Waals surface area (Å²) in [6.45, 7) is 8.12. The van der Waals surface area contributed by atoms with Crippen molar-refractivity contribution in [1.29, 1.82) is 0 Å². The molecular formula is C22H22O2. The van der Waals surface area contributed by atoms with Crippen LogP contribution >= 0.6 is 0 Å². The zero-order valence-electron chi connectivity index (χ0n) is 14.6. The largest absolute Gasteiger partial charge is 0.455 e. The first kappa shape index (κ1) is 16.3. The summed E-state index contributed by atoms with van der Waals surface area (Å²) in [6, 6.07) is 13.9. The van der Waals surface area contributed by atoms with Crippen LogP contribution in [-0.2, 0) is 0 Å². The van der Waals surface area contributed by atoms with E-state index in [1.807, 2.05) is 56.3 Å². The highest BCUT2D eigenvalue weighted by Crippen LogP contribution is 2.29. The molecule has 0 aliphatic heterocycles. The van der Waals surface area contributed by atoms with Crippen LogP contribution in [0.4, 0.5) is 0 Å². The van der Waals surface area contributed by atoms with Gasteiger partial charge in [0, 0.05) is 16.7 Å². The third-order valence-electron chi connectivity index (χ3n) is 4.36. The molecule has 0 saturated carbocycles. The van der Waals surface area contributed by atoms with Crippen molar-refractivity contribution in [2.75, 3.05) is 0 Å². The Bertz CT molecular complexity index is 958. The van der Waals surface area contributed by atoms with Crippen LogP contribution in [0.1, 0.15) is 43.4 Å². The van der Waals surface area contributed by atoms with Crippen molar-refractivity contribution in [2.45, 2.75) is 33.6 Å². The van der Waals surface area contributed by atoms with Crippen LogP contribution in [0.5, 0.6) is 0 Å². The first-order valence-electron chi connectivity index (χ1n) is 8.32. The fourth-order valence-electron chi connectivity index (χ4n) is 2.94. The SMILES string of the molecule is CC=Cc1cccc2c(=O)c(C)c(-c3ccc(C(C)C)cc3)oc12. The van der Waals surface area contributed by atoms with Gasteiger partial charge in [0.25, 0.3) is 0 Å². The summed E-state index contributed by atoms with van der Waals surface area (Å²) >= 11 is 0. The maximum Gasteiger partial charge on any atom is 0.196 e. The molecule has 0 radical (unpaired) electrons. The molecule has 0 spiro atoms. The zero-order chi connectivity index (χ0) is 17.3. The minimum Gasteiger partial charge on any atom is -0.455 e. The maximum atomic E-state index is 12.8. The van der Waals surface area contributed by atoms with E-state index < -0.39 is 0 Å². The molecule has 2 heteroatoms. The summed E-state index contributed by atoms with van der Waals surface area (Å²) in [7, 11) is 0. The Kier molecular flexibility index (Phi) is 4.39. The highest BCUT2D eigenvalue weighted by atomic mass is 16.3. The summed E-state index contributed by atoms with van der Waals surface area (Å²) in [6.07, 6.45) is 3.91. The molecule has 122 valence electrons. The predicted molar refractivity (Wildman–Crippen MR) is 101 cm³/mol. The van der Waals surface area contributed by atoms with Gasteiger partial charge in [0.05, 0.1) is 5.39 Å². The van der Waals surface area contributed by atoms with Crippen LogP contribution in [0.2, 0.25) is 0 Å². The lowest BCUT2D eigenvalue weighted by Crippen LogP contribution is -2.07. The number of allylic oxidation sites excluding steroid dienone is 1. The molecule has 24 heavy (non-hydrogen) atoms. The molecule has 0 aliphatic carbocycles. The second-order valence-electron chi connectivity index (χ2n) is 6.39. The lowest BCUT2D eigenvalue weighted by Gasteiger charge is -2.10. The third kappa shape index (κ3) is 2.80. The summed E-state index contributed by atoms with van der Waals surface area (Å²) in [5.41, 5.74) is 4.46. The third-order valence-corrected chi connectivity index (χ3v) is 4.36. The molecule has 0 unspecified atom stereocenters. The highest BCUT2D eigenvalue weighted by molar-refractivity contribution is 5.87. The van der Waals surface area contributed by atoms with Crippen molar-refractivity contribution < 1.29 is 4.42 Å². The fourth-order valence-corrected chi connectivity index (χ4v) is 2.94. The van der Waals surface area contributed by atoms with Crippen LogP contribution in [0, 0.1) is 6.92 Å². The molecule has 3 rings (SSSR count). The van der Waals surface area contributed by atoms with E-state index in [9.17, 15) is 4.79 Å². The van der Waals surface area contributed by atoms with Gasteiger partial charge in [-0.1, -0.05) is 62.4 Å². The summed E-state index contributed by atoms with van der Waals surface area (Å²) < 4.78 is 6.19. The normalized spacial score (nSPS) is 11.7. The summed E-state index contributed by atoms with van der Waals surface area (Å²) in [5.74, 6) is 1.13. The second-order valence-corrected chi connectivity index (χ2v) is 6.39. The molecule has 3 aromatic rings. The number of rotatable bonds is 3. The van der Waals surface area contributed by atoms with E-state index in [-0.39, 0.29) is 5.43 Å². The van der Waals surface area contributed by atoms with E-state index in [2.05, 4.69) is 26.0 Å². The number of fused-ring (bicyclic) bond motifs is 1. The highest BCUT2D eigenvalue weighted by Gasteiger charge is 2.14. The van der Waals surface area contributed by atoms with E-state index in [0.717, 1.165) is 11.1 Å². The Labute approximate surface area is 142 Å². The standard InChI is InChI=1S/C22H22O2/c1-5-7-17-8-6-9-19-20(23)15(4)21(24-22(17)19)18-12-10-16(11-13-18)14(2)3/h5-14H,1-4H3. The average molecular weight is 318 g/mol. The van der Waals surface area contributed by atoms with Gasteiger partial charge in [0.1, 0.15) is 11.3 Å². The van der Waals surface area contributed by atoms with Gasteiger partial charge in [-0.2, -0.15) is 0 Å². The smallest absolute Gasteiger partial charge is 0.196 e. The van der Waals surface area contributed by atoms with Crippen molar-refractivity contribution in [1.82, 2.24) is 0 Å². The lowest BCUT2D eigenvalue weighted by molar-refractivity contribution is 0.613. The van der Waals surface area contributed by atoms with Crippen LogP contribution < -0.4 is 5.43 Å². The van der Waals surface area contributed by atoms with Gasteiger partial charge in [-0.25, -0.2) is 0 Å². The summed E-state index contributed by atoms with van der Waals surface area (Å²) in [5, 5.41) is 0.630. The van der Waals surface area contributed by atoms with E-state index in [1.54, 1.807) is 0 Å². The zero-order valence-corrected chi connectivity index (χ0v) is 14.6. The average Bonchev–Trinajstić information content (AvgIpc) is 2.59. The maximum absolute atomic E-state index is 12.8.